The van der Waals surface area contributed by atoms with Gasteiger partial charge in [0.05, 0.1) is 6.04 Å². The highest BCUT2D eigenvalue weighted by Crippen LogP contribution is 2.07. The van der Waals surface area contributed by atoms with E-state index in [2.05, 4.69) is 31.1 Å². The molecule has 0 heterocycles. The summed E-state index contributed by atoms with van der Waals surface area (Å²) in [4.78, 5) is 4.36. The molecule has 0 fully saturated rings. The lowest BCUT2D eigenvalue weighted by atomic mass is 10.1. The number of anilines is 1. The summed E-state index contributed by atoms with van der Waals surface area (Å²) in [5, 5.41) is 3.06. The van der Waals surface area contributed by atoms with Crippen molar-refractivity contribution in [2.24, 2.45) is 16.6 Å². The SMILES string of the molecule is CC(C)C(C)N=C(N)Nc1ccccc1. The Hall–Kier alpha value is -1.51. The predicted octanol–water partition coefficient (Wildman–Crippen LogP) is 2.46. The summed E-state index contributed by atoms with van der Waals surface area (Å²) in [6.45, 7) is 6.32. The monoisotopic (exact) mass is 205 g/mol. The molecule has 0 radical (unpaired) electrons. The van der Waals surface area contributed by atoms with Crippen molar-refractivity contribution in [1.29, 1.82) is 0 Å². The van der Waals surface area contributed by atoms with E-state index in [-0.39, 0.29) is 6.04 Å². The third-order valence-corrected chi connectivity index (χ3v) is 2.35. The normalized spacial score (nSPS) is 14.0. The Kier molecular flexibility index (Phi) is 4.16. The molecule has 0 spiro atoms. The van der Waals surface area contributed by atoms with E-state index in [1.54, 1.807) is 0 Å². The zero-order valence-electron chi connectivity index (χ0n) is 9.57. The molecule has 0 saturated carbocycles. The van der Waals surface area contributed by atoms with Crippen LogP contribution >= 0.6 is 0 Å². The van der Waals surface area contributed by atoms with Crippen LogP contribution in [0.2, 0.25) is 0 Å². The first-order valence-electron chi connectivity index (χ1n) is 5.25. The van der Waals surface area contributed by atoms with Crippen LogP contribution in [-0.4, -0.2) is 12.0 Å². The Bertz CT molecular complexity index is 317. The van der Waals surface area contributed by atoms with E-state index in [1.807, 2.05) is 30.3 Å². The van der Waals surface area contributed by atoms with Crippen LogP contribution in [0.3, 0.4) is 0 Å². The van der Waals surface area contributed by atoms with Gasteiger partial charge in [0.25, 0.3) is 0 Å². The summed E-state index contributed by atoms with van der Waals surface area (Å²) in [5.74, 6) is 0.975. The zero-order valence-corrected chi connectivity index (χ0v) is 9.57. The summed E-state index contributed by atoms with van der Waals surface area (Å²) in [6, 6.07) is 10.0. The summed E-state index contributed by atoms with van der Waals surface area (Å²) in [6.07, 6.45) is 0. The predicted molar refractivity (Wildman–Crippen MR) is 66.0 cm³/mol. The number of benzene rings is 1. The molecule has 1 atom stereocenters. The van der Waals surface area contributed by atoms with Crippen molar-refractivity contribution in [3.05, 3.63) is 30.3 Å². The average molecular weight is 205 g/mol. The molecule has 0 saturated heterocycles. The van der Waals surface area contributed by atoms with Gasteiger partial charge in [-0.2, -0.15) is 0 Å². The first-order chi connectivity index (χ1) is 7.09. The van der Waals surface area contributed by atoms with Crippen LogP contribution in [0.4, 0.5) is 5.69 Å². The van der Waals surface area contributed by atoms with Crippen LogP contribution in [0, 0.1) is 5.92 Å². The number of nitrogens with one attached hydrogen (secondary N) is 1. The van der Waals surface area contributed by atoms with Crippen molar-refractivity contribution in [1.82, 2.24) is 0 Å². The number of hydrogen-bond donors (Lipinski definition) is 2. The van der Waals surface area contributed by atoms with E-state index >= 15 is 0 Å². The van der Waals surface area contributed by atoms with Gasteiger partial charge in [-0.1, -0.05) is 32.0 Å². The molecular formula is C12H19N3. The van der Waals surface area contributed by atoms with E-state index < -0.39 is 0 Å². The van der Waals surface area contributed by atoms with E-state index in [4.69, 9.17) is 5.73 Å². The first-order valence-corrected chi connectivity index (χ1v) is 5.25. The maximum absolute atomic E-state index is 5.78. The Morgan fingerprint density at radius 1 is 1.20 bits per heavy atom. The molecule has 1 aromatic rings. The highest BCUT2D eigenvalue weighted by molar-refractivity contribution is 5.92. The number of aliphatic imine (C=N–C) groups is 1. The summed E-state index contributed by atoms with van der Waals surface area (Å²) < 4.78 is 0. The van der Waals surface area contributed by atoms with Gasteiger partial charge in [0, 0.05) is 5.69 Å². The van der Waals surface area contributed by atoms with Gasteiger partial charge < -0.3 is 11.1 Å². The molecule has 0 aliphatic rings. The van der Waals surface area contributed by atoms with Crippen molar-refractivity contribution in [2.45, 2.75) is 26.8 Å². The molecule has 0 aromatic heterocycles. The molecule has 82 valence electrons. The lowest BCUT2D eigenvalue weighted by Crippen LogP contribution is -2.25. The number of nitrogens with zero attached hydrogens (tertiary/aromatic N) is 1. The molecule has 0 amide bonds. The quantitative estimate of drug-likeness (QED) is 0.588. The van der Waals surface area contributed by atoms with Gasteiger partial charge in [0.2, 0.25) is 0 Å². The summed E-state index contributed by atoms with van der Waals surface area (Å²) >= 11 is 0. The second kappa shape index (κ2) is 5.39. The van der Waals surface area contributed by atoms with E-state index in [0.717, 1.165) is 5.69 Å². The van der Waals surface area contributed by atoms with E-state index in [1.165, 1.54) is 0 Å². The average Bonchev–Trinajstić information content (AvgIpc) is 2.18. The number of guanidine groups is 1. The fourth-order valence-corrected chi connectivity index (χ4v) is 1.07. The Balaban J connectivity index is 2.59. The van der Waals surface area contributed by atoms with Gasteiger partial charge in [-0.25, -0.2) is 4.99 Å². The topological polar surface area (TPSA) is 50.4 Å². The molecule has 3 nitrogen and oxygen atoms in total. The van der Waals surface area contributed by atoms with Gasteiger partial charge in [-0.3, -0.25) is 0 Å². The van der Waals surface area contributed by atoms with Gasteiger partial charge in [0.1, 0.15) is 0 Å². The minimum Gasteiger partial charge on any atom is -0.370 e. The fourth-order valence-electron chi connectivity index (χ4n) is 1.07. The maximum Gasteiger partial charge on any atom is 0.193 e. The van der Waals surface area contributed by atoms with Crippen LogP contribution in [0.25, 0.3) is 0 Å². The molecule has 15 heavy (non-hydrogen) atoms. The zero-order chi connectivity index (χ0) is 11.3. The van der Waals surface area contributed by atoms with E-state index in [9.17, 15) is 0 Å². The molecule has 0 aliphatic heterocycles. The number of rotatable bonds is 3. The number of para-hydroxylation sites is 1. The molecule has 1 aromatic carbocycles. The molecule has 1 unspecified atom stereocenters. The largest absolute Gasteiger partial charge is 0.370 e. The molecular weight excluding hydrogens is 186 g/mol. The summed E-state index contributed by atoms with van der Waals surface area (Å²) in [5.41, 5.74) is 6.75. The highest BCUT2D eigenvalue weighted by Gasteiger charge is 2.05. The highest BCUT2D eigenvalue weighted by atomic mass is 15.1. The second-order valence-corrected chi connectivity index (χ2v) is 3.99. The third kappa shape index (κ3) is 4.02. The first kappa shape index (κ1) is 11.6. The van der Waals surface area contributed by atoms with Crippen LogP contribution in [0.5, 0.6) is 0 Å². The van der Waals surface area contributed by atoms with Crippen LogP contribution in [0.15, 0.2) is 35.3 Å². The van der Waals surface area contributed by atoms with Crippen molar-refractivity contribution < 1.29 is 0 Å². The van der Waals surface area contributed by atoms with E-state index in [0.29, 0.717) is 11.9 Å². The number of hydrogen-bond acceptors (Lipinski definition) is 1. The van der Waals surface area contributed by atoms with Crippen molar-refractivity contribution in [3.8, 4) is 0 Å². The van der Waals surface area contributed by atoms with Gasteiger partial charge in [0.15, 0.2) is 5.96 Å². The number of nitrogens with two attached hydrogens (primary N) is 1. The second-order valence-electron chi connectivity index (χ2n) is 3.99. The lowest BCUT2D eigenvalue weighted by molar-refractivity contribution is 0.531. The Morgan fingerprint density at radius 3 is 2.33 bits per heavy atom. The Morgan fingerprint density at radius 2 is 1.80 bits per heavy atom. The molecule has 3 N–H and O–H groups in total. The van der Waals surface area contributed by atoms with Crippen molar-refractivity contribution >= 4 is 11.6 Å². The van der Waals surface area contributed by atoms with Crippen LogP contribution in [0.1, 0.15) is 20.8 Å². The third-order valence-electron chi connectivity index (χ3n) is 2.35. The smallest absolute Gasteiger partial charge is 0.193 e. The van der Waals surface area contributed by atoms with Crippen molar-refractivity contribution in [3.63, 3.8) is 0 Å². The fraction of sp³-hybridized carbons (Fsp3) is 0.417. The minimum atomic E-state index is 0.237. The lowest BCUT2D eigenvalue weighted by Gasteiger charge is -2.12. The molecule has 0 bridgehead atoms. The van der Waals surface area contributed by atoms with Gasteiger partial charge >= 0.3 is 0 Å². The summed E-state index contributed by atoms with van der Waals surface area (Å²) in [7, 11) is 0. The molecule has 0 aliphatic carbocycles. The maximum atomic E-state index is 5.78. The van der Waals surface area contributed by atoms with Crippen LogP contribution < -0.4 is 11.1 Å². The van der Waals surface area contributed by atoms with Gasteiger partial charge in [-0.05, 0) is 25.0 Å². The van der Waals surface area contributed by atoms with Crippen molar-refractivity contribution in [2.75, 3.05) is 5.32 Å². The molecule has 1 rings (SSSR count). The minimum absolute atomic E-state index is 0.237. The standard InChI is InChI=1S/C12H19N3/c1-9(2)10(3)14-12(13)15-11-7-5-4-6-8-11/h4-10H,1-3H3,(H3,13,14,15). The van der Waals surface area contributed by atoms with Gasteiger partial charge in [-0.15, -0.1) is 0 Å². The Labute approximate surface area is 91.4 Å². The van der Waals surface area contributed by atoms with Crippen LogP contribution in [-0.2, 0) is 0 Å². The molecule has 3 heteroatoms.